The van der Waals surface area contributed by atoms with Crippen LogP contribution in [0.4, 0.5) is 4.79 Å². The molecule has 2 amide bonds. The van der Waals surface area contributed by atoms with Crippen LogP contribution in [0.5, 0.6) is 0 Å². The zero-order valence-electron chi connectivity index (χ0n) is 15.3. The second-order valence-electron chi connectivity index (χ2n) is 6.98. The van der Waals surface area contributed by atoms with E-state index in [1.807, 2.05) is 13.0 Å². The molecule has 1 saturated carbocycles. The quantitative estimate of drug-likeness (QED) is 0.571. The van der Waals surface area contributed by atoms with Crippen LogP contribution < -0.4 is 0 Å². The first kappa shape index (κ1) is 17.8. The summed E-state index contributed by atoms with van der Waals surface area (Å²) >= 11 is 0.899. The summed E-state index contributed by atoms with van der Waals surface area (Å²) in [5, 5.41) is -0.397. The fourth-order valence-corrected chi connectivity index (χ4v) is 4.31. The predicted octanol–water partition coefficient (Wildman–Crippen LogP) is 4.36. The molecule has 27 heavy (non-hydrogen) atoms. The van der Waals surface area contributed by atoms with Crippen LogP contribution in [0.1, 0.15) is 46.2 Å². The lowest BCUT2D eigenvalue weighted by Gasteiger charge is -2.11. The number of nitrogens with zero attached hydrogens (tertiary/aromatic N) is 2. The fourth-order valence-electron chi connectivity index (χ4n) is 3.48. The number of carbonyl (C=O) groups excluding carboxylic acids is 3. The summed E-state index contributed by atoms with van der Waals surface area (Å²) in [6.45, 7) is 3.88. The van der Waals surface area contributed by atoms with Crippen LogP contribution in [0.25, 0.3) is 6.08 Å². The van der Waals surface area contributed by atoms with Gasteiger partial charge in [-0.2, -0.15) is 0 Å². The molecule has 2 heterocycles. The number of carbonyl (C=O) groups is 3. The number of imide groups is 1. The number of rotatable bonds is 5. The van der Waals surface area contributed by atoms with E-state index in [0.29, 0.717) is 16.5 Å². The minimum Gasteiger partial charge on any atom is -0.346 e. The van der Waals surface area contributed by atoms with Gasteiger partial charge in [-0.1, -0.05) is 30.3 Å². The largest absolute Gasteiger partial charge is 0.346 e. The first-order valence-corrected chi connectivity index (χ1v) is 9.79. The van der Waals surface area contributed by atoms with Crippen molar-refractivity contribution in [3.63, 3.8) is 0 Å². The Hall–Kier alpha value is -2.60. The van der Waals surface area contributed by atoms with Gasteiger partial charge in [0.2, 0.25) is 0 Å². The molecule has 2 fully saturated rings. The number of aromatic nitrogens is 1. The Morgan fingerprint density at radius 2 is 1.89 bits per heavy atom. The number of aryl methyl sites for hydroxylation is 1. The average Bonchev–Trinajstić information content (AvgIpc) is 3.40. The van der Waals surface area contributed by atoms with Crippen LogP contribution in [0, 0.1) is 13.8 Å². The third-order valence-electron chi connectivity index (χ3n) is 4.99. The van der Waals surface area contributed by atoms with Crippen molar-refractivity contribution in [2.45, 2.75) is 32.7 Å². The van der Waals surface area contributed by atoms with Gasteiger partial charge in [0.05, 0.1) is 11.4 Å². The number of benzene rings is 1. The molecule has 0 bridgehead atoms. The normalized spacial score (nSPS) is 18.6. The van der Waals surface area contributed by atoms with E-state index in [4.69, 9.17) is 0 Å². The van der Waals surface area contributed by atoms with E-state index in [-0.39, 0.29) is 12.3 Å². The summed E-state index contributed by atoms with van der Waals surface area (Å²) in [7, 11) is 0. The highest BCUT2D eigenvalue weighted by Gasteiger charge is 2.36. The standard InChI is InChI=1S/C21H20N2O3S/c1-13-10-16(14(2)23(13)17-8-9-17)11-19-20(25)22(21(26)27-19)12-18(24)15-6-4-3-5-7-15/h3-7,10-11,17H,8-9,12H2,1-2H3/b19-11-. The number of amides is 2. The molecular weight excluding hydrogens is 360 g/mol. The Kier molecular flexibility index (Phi) is 4.52. The number of ketones is 1. The van der Waals surface area contributed by atoms with Crippen molar-refractivity contribution < 1.29 is 14.4 Å². The van der Waals surface area contributed by atoms with E-state index < -0.39 is 11.1 Å². The van der Waals surface area contributed by atoms with Crippen molar-refractivity contribution in [3.05, 3.63) is 63.8 Å². The Balaban J connectivity index is 1.55. The summed E-state index contributed by atoms with van der Waals surface area (Å²) < 4.78 is 2.30. The molecule has 1 aliphatic carbocycles. The van der Waals surface area contributed by atoms with Crippen molar-refractivity contribution in [3.8, 4) is 0 Å². The Morgan fingerprint density at radius 1 is 1.19 bits per heavy atom. The molecule has 0 unspecified atom stereocenters. The second kappa shape index (κ2) is 6.85. The zero-order chi connectivity index (χ0) is 19.1. The third-order valence-corrected chi connectivity index (χ3v) is 5.90. The van der Waals surface area contributed by atoms with Crippen LogP contribution in [0.3, 0.4) is 0 Å². The molecule has 1 aromatic heterocycles. The van der Waals surface area contributed by atoms with E-state index in [1.165, 1.54) is 18.5 Å². The van der Waals surface area contributed by atoms with Crippen LogP contribution in [-0.4, -0.2) is 32.9 Å². The number of thioether (sulfide) groups is 1. The molecule has 0 radical (unpaired) electrons. The van der Waals surface area contributed by atoms with Crippen molar-refractivity contribution in [1.29, 1.82) is 0 Å². The fraction of sp³-hybridized carbons (Fsp3) is 0.286. The molecule has 6 heteroatoms. The molecule has 5 nitrogen and oxygen atoms in total. The molecule has 0 spiro atoms. The van der Waals surface area contributed by atoms with Crippen molar-refractivity contribution in [1.82, 2.24) is 9.47 Å². The number of hydrogen-bond donors (Lipinski definition) is 0. The molecule has 2 aromatic rings. The zero-order valence-corrected chi connectivity index (χ0v) is 16.1. The number of Topliss-reactive ketones (excluding diaryl/α,β-unsaturated/α-hetero) is 1. The minimum absolute atomic E-state index is 0.229. The monoisotopic (exact) mass is 380 g/mol. The van der Waals surface area contributed by atoms with Crippen LogP contribution in [-0.2, 0) is 4.79 Å². The molecule has 4 rings (SSSR count). The molecule has 1 saturated heterocycles. The van der Waals surface area contributed by atoms with Crippen LogP contribution in [0.2, 0.25) is 0 Å². The van der Waals surface area contributed by atoms with Gasteiger partial charge in [-0.15, -0.1) is 0 Å². The molecular formula is C21H20N2O3S. The van der Waals surface area contributed by atoms with Crippen LogP contribution in [0.15, 0.2) is 41.3 Å². The van der Waals surface area contributed by atoms with Gasteiger partial charge in [0.25, 0.3) is 11.1 Å². The summed E-state index contributed by atoms with van der Waals surface area (Å²) in [6, 6.07) is 11.3. The Bertz CT molecular complexity index is 971. The molecule has 138 valence electrons. The summed E-state index contributed by atoms with van der Waals surface area (Å²) in [5.74, 6) is -0.642. The maximum atomic E-state index is 12.7. The van der Waals surface area contributed by atoms with E-state index in [1.54, 1.807) is 30.3 Å². The Labute approximate surface area is 162 Å². The van der Waals surface area contributed by atoms with Crippen molar-refractivity contribution in [2.75, 3.05) is 6.54 Å². The molecule has 2 aliphatic rings. The summed E-state index contributed by atoms with van der Waals surface area (Å²) in [5.41, 5.74) is 3.73. The van der Waals surface area contributed by atoms with Gasteiger partial charge in [-0.25, -0.2) is 0 Å². The highest BCUT2D eigenvalue weighted by atomic mass is 32.2. The SMILES string of the molecule is Cc1cc(/C=C2\SC(=O)N(CC(=O)c3ccccc3)C2=O)c(C)n1C1CC1. The lowest BCUT2D eigenvalue weighted by molar-refractivity contribution is -0.122. The summed E-state index contributed by atoms with van der Waals surface area (Å²) in [4.78, 5) is 38.8. The van der Waals surface area contributed by atoms with Gasteiger partial charge >= 0.3 is 0 Å². The highest BCUT2D eigenvalue weighted by Crippen LogP contribution is 2.39. The van der Waals surface area contributed by atoms with Gasteiger partial charge < -0.3 is 4.57 Å². The maximum Gasteiger partial charge on any atom is 0.293 e. The lowest BCUT2D eigenvalue weighted by Crippen LogP contribution is -2.33. The van der Waals surface area contributed by atoms with E-state index in [0.717, 1.165) is 27.9 Å². The van der Waals surface area contributed by atoms with E-state index >= 15 is 0 Å². The summed E-state index contributed by atoms with van der Waals surface area (Å²) in [6.07, 6.45) is 4.15. The van der Waals surface area contributed by atoms with Gasteiger partial charge in [0, 0.05) is 23.0 Å². The van der Waals surface area contributed by atoms with E-state index in [2.05, 4.69) is 17.6 Å². The molecule has 1 aliphatic heterocycles. The Morgan fingerprint density at radius 3 is 2.56 bits per heavy atom. The van der Waals surface area contributed by atoms with Crippen LogP contribution >= 0.6 is 11.8 Å². The minimum atomic E-state index is -0.398. The van der Waals surface area contributed by atoms with Gasteiger partial charge in [0.15, 0.2) is 5.78 Å². The average molecular weight is 380 g/mol. The van der Waals surface area contributed by atoms with E-state index in [9.17, 15) is 14.4 Å². The van der Waals surface area contributed by atoms with Gasteiger partial charge in [-0.3, -0.25) is 19.3 Å². The first-order chi connectivity index (χ1) is 13.0. The highest BCUT2D eigenvalue weighted by molar-refractivity contribution is 8.18. The van der Waals surface area contributed by atoms with Gasteiger partial charge in [0.1, 0.15) is 0 Å². The third kappa shape index (κ3) is 3.37. The topological polar surface area (TPSA) is 59.4 Å². The van der Waals surface area contributed by atoms with Crippen molar-refractivity contribution >= 4 is 34.8 Å². The second-order valence-corrected chi connectivity index (χ2v) is 7.98. The lowest BCUT2D eigenvalue weighted by atomic mass is 10.1. The predicted molar refractivity (Wildman–Crippen MR) is 106 cm³/mol. The molecule has 1 aromatic carbocycles. The first-order valence-electron chi connectivity index (χ1n) is 8.97. The number of hydrogen-bond acceptors (Lipinski definition) is 4. The molecule has 0 atom stereocenters. The van der Waals surface area contributed by atoms with Crippen molar-refractivity contribution in [2.24, 2.45) is 0 Å². The smallest absolute Gasteiger partial charge is 0.293 e. The van der Waals surface area contributed by atoms with Gasteiger partial charge in [-0.05, 0) is 56.2 Å². The maximum absolute atomic E-state index is 12.7. The molecule has 0 N–H and O–H groups in total.